The van der Waals surface area contributed by atoms with Crippen LogP contribution in [0.25, 0.3) is 0 Å². The summed E-state index contributed by atoms with van der Waals surface area (Å²) in [6.07, 6.45) is 6.17. The Bertz CT molecular complexity index is 888. The number of rotatable bonds is 8. The van der Waals surface area contributed by atoms with E-state index in [0.29, 0.717) is 42.3 Å². The van der Waals surface area contributed by atoms with E-state index in [9.17, 15) is 14.4 Å². The Hall–Kier alpha value is -3.00. The number of hydrogen-bond donors (Lipinski definition) is 2. The molecule has 0 atom stereocenters. The molecule has 1 fully saturated rings. The summed E-state index contributed by atoms with van der Waals surface area (Å²) in [5.74, 6) is -0.165. The second kappa shape index (κ2) is 9.97. The molecule has 1 saturated heterocycles. The van der Waals surface area contributed by atoms with Crippen LogP contribution in [0.3, 0.4) is 0 Å². The van der Waals surface area contributed by atoms with E-state index < -0.39 is 5.91 Å². The monoisotopic (exact) mass is 415 g/mol. The molecule has 0 unspecified atom stereocenters. The number of likely N-dealkylation sites (tertiary alicyclic amines) is 1. The Morgan fingerprint density at radius 1 is 1.14 bits per heavy atom. The third-order valence-electron chi connectivity index (χ3n) is 4.52. The Balaban J connectivity index is 1.51. The maximum atomic E-state index is 12.5. The molecule has 0 aliphatic carbocycles. The number of carbonyl (C=O) groups excluding carboxylic acids is 3. The largest absolute Gasteiger partial charge is 0.343 e. The maximum Gasteiger partial charge on any atom is 0.277 e. The lowest BCUT2D eigenvalue weighted by Crippen LogP contribution is -2.25. The van der Waals surface area contributed by atoms with E-state index in [2.05, 4.69) is 20.6 Å². The molecule has 1 aliphatic heterocycles. The van der Waals surface area contributed by atoms with Crippen molar-refractivity contribution in [3.63, 3.8) is 0 Å². The van der Waals surface area contributed by atoms with E-state index in [4.69, 9.17) is 11.6 Å². The molecule has 3 amide bonds. The normalized spacial score (nSPS) is 13.4. The minimum Gasteiger partial charge on any atom is -0.343 e. The van der Waals surface area contributed by atoms with Crippen molar-refractivity contribution in [2.45, 2.75) is 32.1 Å². The molecular formula is C20H22ClN5O3. The molecule has 29 heavy (non-hydrogen) atoms. The first-order valence-electron chi connectivity index (χ1n) is 9.48. The highest BCUT2D eigenvalue weighted by atomic mass is 35.5. The van der Waals surface area contributed by atoms with E-state index in [-0.39, 0.29) is 17.5 Å². The van der Waals surface area contributed by atoms with Gasteiger partial charge >= 0.3 is 0 Å². The number of anilines is 2. The quantitative estimate of drug-likeness (QED) is 0.644. The lowest BCUT2D eigenvalue weighted by Gasteiger charge is -2.15. The highest BCUT2D eigenvalue weighted by Gasteiger charge is 2.19. The molecule has 8 nitrogen and oxygen atoms in total. The SMILES string of the molecule is O=C(CCCCN1CCCC1=O)Nc1cccnc1C(=O)Nc1ccc(Cl)cn1. The molecule has 0 aromatic carbocycles. The second-order valence-electron chi connectivity index (χ2n) is 6.70. The predicted octanol–water partition coefficient (Wildman–Crippen LogP) is 3.11. The van der Waals surface area contributed by atoms with Crippen LogP contribution in [0.5, 0.6) is 0 Å². The van der Waals surface area contributed by atoms with Crippen LogP contribution in [0, 0.1) is 0 Å². The van der Waals surface area contributed by atoms with Crippen molar-refractivity contribution in [1.82, 2.24) is 14.9 Å². The van der Waals surface area contributed by atoms with Gasteiger partial charge in [-0.25, -0.2) is 9.97 Å². The number of pyridine rings is 2. The smallest absolute Gasteiger partial charge is 0.277 e. The zero-order chi connectivity index (χ0) is 20.6. The fourth-order valence-electron chi connectivity index (χ4n) is 3.05. The van der Waals surface area contributed by atoms with Gasteiger partial charge in [-0.2, -0.15) is 0 Å². The molecule has 3 heterocycles. The van der Waals surface area contributed by atoms with Gasteiger partial charge in [0.15, 0.2) is 5.69 Å². The fraction of sp³-hybridized carbons (Fsp3) is 0.350. The van der Waals surface area contributed by atoms with Crippen molar-refractivity contribution in [3.05, 3.63) is 47.4 Å². The van der Waals surface area contributed by atoms with E-state index in [1.807, 2.05) is 4.90 Å². The number of aromatic nitrogens is 2. The first kappa shape index (κ1) is 20.7. The highest BCUT2D eigenvalue weighted by molar-refractivity contribution is 6.30. The van der Waals surface area contributed by atoms with Crippen LogP contribution in [0.2, 0.25) is 5.02 Å². The molecule has 3 rings (SSSR count). The Labute approximate surface area is 173 Å². The number of halogens is 1. The predicted molar refractivity (Wildman–Crippen MR) is 110 cm³/mol. The third kappa shape index (κ3) is 5.99. The summed E-state index contributed by atoms with van der Waals surface area (Å²) in [6.45, 7) is 1.49. The molecule has 2 N–H and O–H groups in total. The number of carbonyl (C=O) groups is 3. The summed E-state index contributed by atoms with van der Waals surface area (Å²) in [5.41, 5.74) is 0.430. The van der Waals surface area contributed by atoms with Crippen molar-refractivity contribution in [3.8, 4) is 0 Å². The number of nitrogens with zero attached hydrogens (tertiary/aromatic N) is 3. The molecular weight excluding hydrogens is 394 g/mol. The molecule has 1 aliphatic rings. The van der Waals surface area contributed by atoms with Gasteiger partial charge in [0.05, 0.1) is 10.7 Å². The van der Waals surface area contributed by atoms with Crippen LogP contribution < -0.4 is 10.6 Å². The van der Waals surface area contributed by atoms with E-state index >= 15 is 0 Å². The fourth-order valence-corrected chi connectivity index (χ4v) is 3.17. The lowest BCUT2D eigenvalue weighted by molar-refractivity contribution is -0.127. The molecule has 0 spiro atoms. The Kier molecular flexibility index (Phi) is 7.13. The van der Waals surface area contributed by atoms with Crippen LogP contribution >= 0.6 is 11.6 Å². The van der Waals surface area contributed by atoms with Gasteiger partial charge < -0.3 is 15.5 Å². The zero-order valence-electron chi connectivity index (χ0n) is 15.9. The second-order valence-corrected chi connectivity index (χ2v) is 7.14. The summed E-state index contributed by atoms with van der Waals surface area (Å²) in [7, 11) is 0. The first-order valence-corrected chi connectivity index (χ1v) is 9.86. The molecule has 152 valence electrons. The maximum absolute atomic E-state index is 12.5. The van der Waals surface area contributed by atoms with Crippen LogP contribution in [0.1, 0.15) is 42.6 Å². The van der Waals surface area contributed by atoms with Crippen molar-refractivity contribution >= 4 is 40.8 Å². The zero-order valence-corrected chi connectivity index (χ0v) is 16.6. The average molecular weight is 416 g/mol. The number of amides is 3. The van der Waals surface area contributed by atoms with Gasteiger partial charge in [0, 0.05) is 38.3 Å². The van der Waals surface area contributed by atoms with Gasteiger partial charge in [0.25, 0.3) is 5.91 Å². The third-order valence-corrected chi connectivity index (χ3v) is 4.74. The topological polar surface area (TPSA) is 104 Å². The molecule has 0 bridgehead atoms. The van der Waals surface area contributed by atoms with E-state index in [0.717, 1.165) is 19.4 Å². The van der Waals surface area contributed by atoms with E-state index in [1.54, 1.807) is 24.3 Å². The summed E-state index contributed by atoms with van der Waals surface area (Å²) < 4.78 is 0. The minimum absolute atomic E-state index is 0.0975. The highest BCUT2D eigenvalue weighted by Crippen LogP contribution is 2.16. The number of hydrogen-bond acceptors (Lipinski definition) is 5. The molecule has 0 radical (unpaired) electrons. The molecule has 9 heteroatoms. The summed E-state index contributed by atoms with van der Waals surface area (Å²) >= 11 is 5.79. The Morgan fingerprint density at radius 3 is 2.72 bits per heavy atom. The average Bonchev–Trinajstić information content (AvgIpc) is 3.12. The van der Waals surface area contributed by atoms with E-state index in [1.165, 1.54) is 12.4 Å². The molecule has 2 aromatic heterocycles. The van der Waals surface area contributed by atoms with Gasteiger partial charge in [-0.15, -0.1) is 0 Å². The summed E-state index contributed by atoms with van der Waals surface area (Å²) in [4.78, 5) is 46.3. The standard InChI is InChI=1S/C20H22ClN5O3/c21-14-8-9-16(23-13-14)25-20(29)19-15(5-3-10-22-19)24-17(27)6-1-2-11-26-12-4-7-18(26)28/h3,5,8-10,13H,1-2,4,6-7,11-12H2,(H,24,27)(H,23,25,29). The summed E-state index contributed by atoms with van der Waals surface area (Å²) in [5, 5.41) is 5.83. The van der Waals surface area contributed by atoms with Crippen LogP contribution in [-0.2, 0) is 9.59 Å². The minimum atomic E-state index is -0.483. The lowest BCUT2D eigenvalue weighted by atomic mass is 10.2. The number of unbranched alkanes of at least 4 members (excludes halogenated alkanes) is 1. The van der Waals surface area contributed by atoms with Gasteiger partial charge in [0.2, 0.25) is 11.8 Å². The van der Waals surface area contributed by atoms with Crippen molar-refractivity contribution in [1.29, 1.82) is 0 Å². The van der Waals surface area contributed by atoms with Gasteiger partial charge in [-0.1, -0.05) is 11.6 Å². The van der Waals surface area contributed by atoms with Crippen LogP contribution in [-0.4, -0.2) is 45.7 Å². The van der Waals surface area contributed by atoms with Crippen molar-refractivity contribution in [2.75, 3.05) is 23.7 Å². The van der Waals surface area contributed by atoms with Gasteiger partial charge in [-0.05, 0) is 43.5 Å². The molecule has 0 saturated carbocycles. The molecule has 2 aromatic rings. The van der Waals surface area contributed by atoms with Gasteiger partial charge in [-0.3, -0.25) is 14.4 Å². The summed E-state index contributed by atoms with van der Waals surface area (Å²) in [6, 6.07) is 6.46. The van der Waals surface area contributed by atoms with Crippen LogP contribution in [0.4, 0.5) is 11.5 Å². The van der Waals surface area contributed by atoms with Crippen molar-refractivity contribution < 1.29 is 14.4 Å². The van der Waals surface area contributed by atoms with Crippen LogP contribution in [0.15, 0.2) is 36.7 Å². The Morgan fingerprint density at radius 2 is 2.00 bits per heavy atom. The number of nitrogens with one attached hydrogen (secondary N) is 2. The van der Waals surface area contributed by atoms with Gasteiger partial charge in [0.1, 0.15) is 5.82 Å². The first-order chi connectivity index (χ1) is 14.0. The van der Waals surface area contributed by atoms with Crippen molar-refractivity contribution in [2.24, 2.45) is 0 Å².